The molecule has 2 aliphatic rings. The number of likely N-dealkylation sites (tertiary alicyclic amines) is 1. The van der Waals surface area contributed by atoms with Crippen molar-refractivity contribution < 1.29 is 22.4 Å². The van der Waals surface area contributed by atoms with E-state index in [1.54, 1.807) is 4.90 Å². The second kappa shape index (κ2) is 6.09. The van der Waals surface area contributed by atoms with E-state index in [1.165, 1.54) is 0 Å². The first-order valence-electron chi connectivity index (χ1n) is 8.97. The Labute approximate surface area is 153 Å². The molecule has 0 saturated carbocycles. The maximum atomic E-state index is 12.9. The third-order valence-corrected chi connectivity index (χ3v) is 8.47. The molecule has 0 unspecified atom stereocenters. The average Bonchev–Trinajstić information content (AvgIpc) is 3.05. The lowest BCUT2D eigenvalue weighted by molar-refractivity contribution is 0.0251. The number of ether oxygens (including phenoxy) is 1. The molecule has 0 bridgehead atoms. The summed E-state index contributed by atoms with van der Waals surface area (Å²) < 4.78 is 35.7. The van der Waals surface area contributed by atoms with E-state index >= 15 is 0 Å². The van der Waals surface area contributed by atoms with Gasteiger partial charge in [-0.15, -0.1) is 0 Å². The number of carbonyl (C=O) groups is 1. The number of carbonyl (C=O) groups excluding carboxylic acids is 1. The molecule has 140 valence electrons. The average molecular weight is 377 g/mol. The number of furan rings is 1. The van der Waals surface area contributed by atoms with E-state index in [9.17, 15) is 13.2 Å². The van der Waals surface area contributed by atoms with Gasteiger partial charge in [-0.05, 0) is 26.3 Å². The van der Waals surface area contributed by atoms with Crippen LogP contribution in [0.25, 0.3) is 11.0 Å². The molecule has 2 saturated heterocycles. The number of nitrogens with zero attached hydrogens (tertiary/aromatic N) is 1. The Hall–Kier alpha value is -1.86. The summed E-state index contributed by atoms with van der Waals surface area (Å²) in [7, 11) is -3.22. The van der Waals surface area contributed by atoms with Crippen molar-refractivity contribution in [2.75, 3.05) is 32.1 Å². The first-order chi connectivity index (χ1) is 12.4. The van der Waals surface area contributed by atoms with Crippen LogP contribution in [0.2, 0.25) is 0 Å². The van der Waals surface area contributed by atoms with Crippen LogP contribution in [-0.4, -0.2) is 56.0 Å². The van der Waals surface area contributed by atoms with E-state index in [1.807, 2.05) is 38.1 Å². The zero-order valence-corrected chi connectivity index (χ0v) is 15.8. The molecule has 1 amide bonds. The van der Waals surface area contributed by atoms with Crippen LogP contribution in [-0.2, 0) is 14.6 Å². The molecule has 2 aliphatic heterocycles. The fourth-order valence-corrected chi connectivity index (χ4v) is 6.63. The molecule has 4 rings (SSSR count). The van der Waals surface area contributed by atoms with Crippen LogP contribution >= 0.6 is 0 Å². The first-order valence-corrected chi connectivity index (χ1v) is 10.6. The predicted octanol–water partition coefficient (Wildman–Crippen LogP) is 2.41. The highest BCUT2D eigenvalue weighted by atomic mass is 32.2. The van der Waals surface area contributed by atoms with E-state index in [4.69, 9.17) is 9.15 Å². The quantitative estimate of drug-likeness (QED) is 0.818. The van der Waals surface area contributed by atoms with Gasteiger partial charge in [0.2, 0.25) is 0 Å². The lowest BCUT2D eigenvalue weighted by atomic mass is 9.83. The number of fused-ring (bicyclic) bond motifs is 1. The summed E-state index contributed by atoms with van der Waals surface area (Å²) in [6.45, 7) is 5.20. The fraction of sp³-hybridized carbons (Fsp3) is 0.526. The number of amides is 1. The van der Waals surface area contributed by atoms with Gasteiger partial charge in [0.25, 0.3) is 5.91 Å². The first kappa shape index (κ1) is 17.5. The van der Waals surface area contributed by atoms with Gasteiger partial charge in [-0.25, -0.2) is 8.42 Å². The van der Waals surface area contributed by atoms with Crippen molar-refractivity contribution in [3.8, 4) is 0 Å². The molecule has 3 heterocycles. The van der Waals surface area contributed by atoms with Gasteiger partial charge in [0.1, 0.15) is 10.3 Å². The Balaban J connectivity index is 1.57. The molecule has 0 radical (unpaired) electrons. The van der Waals surface area contributed by atoms with Gasteiger partial charge < -0.3 is 14.1 Å². The standard InChI is InChI=1S/C19H23NO5S/c1-3-24-10-14-8-9-26(22,23)19(14)11-20(12-19)18(21)17-13(2)15-6-4-5-7-16(15)25-17/h4-7,14H,3,8-12H2,1-2H3/t14-/m1/s1. The van der Waals surface area contributed by atoms with Gasteiger partial charge in [0.05, 0.1) is 12.4 Å². The normalized spacial score (nSPS) is 23.5. The Morgan fingerprint density at radius 3 is 2.77 bits per heavy atom. The lowest BCUT2D eigenvalue weighted by Gasteiger charge is -2.49. The minimum Gasteiger partial charge on any atom is -0.451 e. The number of hydrogen-bond donors (Lipinski definition) is 0. The fourth-order valence-electron chi connectivity index (χ4n) is 4.23. The molecular weight excluding hydrogens is 354 g/mol. The molecule has 1 atom stereocenters. The summed E-state index contributed by atoms with van der Waals surface area (Å²) in [6.07, 6.45) is 0.605. The number of benzene rings is 1. The third-order valence-electron chi connectivity index (χ3n) is 5.86. The van der Waals surface area contributed by atoms with Crippen molar-refractivity contribution in [3.63, 3.8) is 0 Å². The molecule has 1 spiro atoms. The van der Waals surface area contributed by atoms with E-state index in [0.29, 0.717) is 31.0 Å². The zero-order valence-electron chi connectivity index (χ0n) is 15.0. The van der Waals surface area contributed by atoms with Crippen molar-refractivity contribution in [1.82, 2.24) is 4.90 Å². The summed E-state index contributed by atoms with van der Waals surface area (Å²) in [5.74, 6) is 0.198. The van der Waals surface area contributed by atoms with Crippen LogP contribution in [0.1, 0.15) is 29.5 Å². The second-order valence-electron chi connectivity index (χ2n) is 7.24. The van der Waals surface area contributed by atoms with Crippen LogP contribution in [0.15, 0.2) is 28.7 Å². The number of aryl methyl sites for hydroxylation is 1. The third kappa shape index (κ3) is 2.41. The number of rotatable bonds is 4. The molecule has 0 N–H and O–H groups in total. The Bertz CT molecular complexity index is 955. The van der Waals surface area contributed by atoms with Crippen molar-refractivity contribution in [1.29, 1.82) is 0 Å². The van der Waals surface area contributed by atoms with Crippen LogP contribution in [0, 0.1) is 12.8 Å². The highest BCUT2D eigenvalue weighted by molar-refractivity contribution is 7.93. The van der Waals surface area contributed by atoms with E-state index in [0.717, 1.165) is 10.9 Å². The van der Waals surface area contributed by atoms with Gasteiger partial charge in [-0.1, -0.05) is 18.2 Å². The monoisotopic (exact) mass is 377 g/mol. The summed E-state index contributed by atoms with van der Waals surface area (Å²) in [6, 6.07) is 7.51. The lowest BCUT2D eigenvalue weighted by Crippen LogP contribution is -2.68. The van der Waals surface area contributed by atoms with Gasteiger partial charge in [0.15, 0.2) is 15.6 Å². The minimum absolute atomic E-state index is 0.0479. The Kier molecular flexibility index (Phi) is 4.11. The van der Waals surface area contributed by atoms with Gasteiger partial charge in [-0.3, -0.25) is 4.79 Å². The van der Waals surface area contributed by atoms with Crippen LogP contribution < -0.4 is 0 Å². The van der Waals surface area contributed by atoms with Crippen LogP contribution in [0.3, 0.4) is 0 Å². The number of hydrogen-bond acceptors (Lipinski definition) is 5. The van der Waals surface area contributed by atoms with Crippen molar-refractivity contribution in [3.05, 3.63) is 35.6 Å². The molecule has 6 nitrogen and oxygen atoms in total. The van der Waals surface area contributed by atoms with Crippen molar-refractivity contribution >= 4 is 26.7 Å². The highest BCUT2D eigenvalue weighted by Crippen LogP contribution is 2.45. The van der Waals surface area contributed by atoms with Crippen molar-refractivity contribution in [2.24, 2.45) is 5.92 Å². The van der Waals surface area contributed by atoms with E-state index < -0.39 is 14.6 Å². The van der Waals surface area contributed by atoms with Gasteiger partial charge >= 0.3 is 0 Å². The summed E-state index contributed by atoms with van der Waals surface area (Å²) in [5, 5.41) is 0.911. The molecule has 1 aromatic heterocycles. The Morgan fingerprint density at radius 2 is 2.08 bits per heavy atom. The van der Waals surface area contributed by atoms with Gasteiger partial charge in [0, 0.05) is 36.6 Å². The number of sulfone groups is 1. The minimum atomic E-state index is -3.22. The van der Waals surface area contributed by atoms with Crippen molar-refractivity contribution in [2.45, 2.75) is 25.0 Å². The van der Waals surface area contributed by atoms with Gasteiger partial charge in [-0.2, -0.15) is 0 Å². The van der Waals surface area contributed by atoms with E-state index in [2.05, 4.69) is 0 Å². The highest BCUT2D eigenvalue weighted by Gasteiger charge is 2.62. The molecule has 7 heteroatoms. The SMILES string of the molecule is CCOC[C@H]1CCS(=O)(=O)C12CN(C(=O)c1oc3ccccc3c1C)C2. The van der Waals surface area contributed by atoms with Crippen LogP contribution in [0.4, 0.5) is 0 Å². The van der Waals surface area contributed by atoms with E-state index in [-0.39, 0.29) is 30.7 Å². The number of para-hydroxylation sites is 1. The molecule has 2 fully saturated rings. The molecule has 1 aromatic carbocycles. The predicted molar refractivity (Wildman–Crippen MR) is 98.0 cm³/mol. The summed E-state index contributed by atoms with van der Waals surface area (Å²) in [4.78, 5) is 14.5. The zero-order chi connectivity index (χ0) is 18.5. The second-order valence-corrected chi connectivity index (χ2v) is 9.69. The molecule has 26 heavy (non-hydrogen) atoms. The largest absolute Gasteiger partial charge is 0.451 e. The molecule has 2 aromatic rings. The smallest absolute Gasteiger partial charge is 0.289 e. The molecular formula is C19H23NO5S. The maximum absolute atomic E-state index is 12.9. The topological polar surface area (TPSA) is 76.8 Å². The molecule has 0 aliphatic carbocycles. The van der Waals surface area contributed by atoms with Crippen LogP contribution in [0.5, 0.6) is 0 Å². The Morgan fingerprint density at radius 1 is 1.35 bits per heavy atom. The summed E-state index contributed by atoms with van der Waals surface area (Å²) >= 11 is 0. The summed E-state index contributed by atoms with van der Waals surface area (Å²) in [5.41, 5.74) is 1.47. The maximum Gasteiger partial charge on any atom is 0.289 e.